The van der Waals surface area contributed by atoms with Gasteiger partial charge in [-0.2, -0.15) is 0 Å². The van der Waals surface area contributed by atoms with E-state index in [0.29, 0.717) is 17.7 Å². The maximum Gasteiger partial charge on any atom is 0.336 e. The van der Waals surface area contributed by atoms with E-state index in [1.54, 1.807) is 6.07 Å². The molecule has 0 spiro atoms. The molecule has 1 amide bonds. The van der Waals surface area contributed by atoms with Crippen molar-refractivity contribution >= 4 is 34.5 Å². The number of hydrogen-bond acceptors (Lipinski definition) is 6. The zero-order valence-corrected chi connectivity index (χ0v) is 16.7. The van der Waals surface area contributed by atoms with Crippen molar-refractivity contribution in [2.24, 2.45) is 5.14 Å². The molecule has 7 heteroatoms. The molecule has 0 aliphatic heterocycles. The van der Waals surface area contributed by atoms with E-state index < -0.39 is 5.63 Å². The molecule has 0 bridgehead atoms. The molecule has 2 aromatic carbocycles. The van der Waals surface area contributed by atoms with Gasteiger partial charge in [-0.25, -0.2) is 4.79 Å². The predicted molar refractivity (Wildman–Crippen MR) is 114 cm³/mol. The van der Waals surface area contributed by atoms with Crippen LogP contribution >= 0.6 is 11.9 Å². The molecule has 0 unspecified atom stereocenters. The van der Waals surface area contributed by atoms with E-state index in [1.807, 2.05) is 55.4 Å². The lowest BCUT2D eigenvalue weighted by atomic mass is 10.1. The molecule has 0 aliphatic rings. The maximum absolute atomic E-state index is 12.4. The fourth-order valence-corrected chi connectivity index (χ4v) is 3.25. The number of amides is 1. The third kappa shape index (κ3) is 4.94. The summed E-state index contributed by atoms with van der Waals surface area (Å²) < 4.78 is 5.31. The van der Waals surface area contributed by atoms with Crippen molar-refractivity contribution in [3.63, 3.8) is 0 Å². The first-order chi connectivity index (χ1) is 13.5. The highest BCUT2D eigenvalue weighted by Gasteiger charge is 2.11. The number of benzene rings is 2. The molecule has 0 saturated carbocycles. The predicted octanol–water partition coefficient (Wildman–Crippen LogP) is 2.73. The number of nitrogens with zero attached hydrogens (tertiary/aromatic N) is 1. The second-order valence-electron chi connectivity index (χ2n) is 6.70. The number of rotatable bonds is 7. The SMILES string of the molecule is CN(C)c1ccc2c(CC(=O)NCCc3ccc(SN)cc3)cc(=O)oc2c1. The lowest BCUT2D eigenvalue weighted by Gasteiger charge is -2.13. The average molecular weight is 398 g/mol. The minimum Gasteiger partial charge on any atom is -0.423 e. The van der Waals surface area contributed by atoms with Crippen molar-refractivity contribution < 1.29 is 9.21 Å². The van der Waals surface area contributed by atoms with Crippen molar-refractivity contribution in [1.82, 2.24) is 5.32 Å². The number of nitrogens with one attached hydrogen (secondary N) is 1. The fraction of sp³-hybridized carbons (Fsp3) is 0.238. The number of fused-ring (bicyclic) bond motifs is 1. The van der Waals surface area contributed by atoms with E-state index in [9.17, 15) is 9.59 Å². The zero-order chi connectivity index (χ0) is 20.1. The minimum absolute atomic E-state index is 0.127. The smallest absolute Gasteiger partial charge is 0.336 e. The van der Waals surface area contributed by atoms with Gasteiger partial charge in [0.2, 0.25) is 5.91 Å². The molecular weight excluding hydrogens is 374 g/mol. The van der Waals surface area contributed by atoms with Crippen LogP contribution in [0.5, 0.6) is 0 Å². The van der Waals surface area contributed by atoms with Gasteiger partial charge in [-0.05, 0) is 53.8 Å². The number of carbonyl (C=O) groups is 1. The van der Waals surface area contributed by atoms with E-state index in [0.717, 1.165) is 28.0 Å². The molecule has 0 fully saturated rings. The Morgan fingerprint density at radius 1 is 1.14 bits per heavy atom. The number of anilines is 1. The normalized spacial score (nSPS) is 10.8. The van der Waals surface area contributed by atoms with Gasteiger partial charge in [0, 0.05) is 48.7 Å². The van der Waals surface area contributed by atoms with Crippen LogP contribution in [0.4, 0.5) is 5.69 Å². The van der Waals surface area contributed by atoms with Gasteiger partial charge in [0.1, 0.15) is 5.58 Å². The van der Waals surface area contributed by atoms with E-state index in [4.69, 9.17) is 9.56 Å². The van der Waals surface area contributed by atoms with Crippen LogP contribution in [-0.2, 0) is 17.6 Å². The van der Waals surface area contributed by atoms with Crippen LogP contribution in [0.25, 0.3) is 11.0 Å². The van der Waals surface area contributed by atoms with E-state index in [1.165, 1.54) is 18.0 Å². The molecular formula is C21H23N3O3S. The second kappa shape index (κ2) is 8.95. The van der Waals surface area contributed by atoms with Gasteiger partial charge in [-0.1, -0.05) is 12.1 Å². The zero-order valence-electron chi connectivity index (χ0n) is 15.9. The second-order valence-corrected chi connectivity index (χ2v) is 7.41. The summed E-state index contributed by atoms with van der Waals surface area (Å²) in [5.41, 5.74) is 2.75. The molecule has 1 heterocycles. The number of hydrogen-bond donors (Lipinski definition) is 2. The van der Waals surface area contributed by atoms with E-state index in [-0.39, 0.29) is 12.3 Å². The maximum atomic E-state index is 12.4. The Bertz CT molecular complexity index is 1030. The molecule has 3 aromatic rings. The largest absolute Gasteiger partial charge is 0.423 e. The van der Waals surface area contributed by atoms with Crippen LogP contribution in [-0.4, -0.2) is 26.5 Å². The Hall–Kier alpha value is -2.77. The van der Waals surface area contributed by atoms with Crippen molar-refractivity contribution in [1.29, 1.82) is 0 Å². The summed E-state index contributed by atoms with van der Waals surface area (Å²) in [5.74, 6) is -0.127. The fourth-order valence-electron chi connectivity index (χ4n) is 2.96. The minimum atomic E-state index is -0.455. The lowest BCUT2D eigenvalue weighted by molar-refractivity contribution is -0.120. The summed E-state index contributed by atoms with van der Waals surface area (Å²) >= 11 is 1.21. The third-order valence-electron chi connectivity index (χ3n) is 4.48. The van der Waals surface area contributed by atoms with Crippen LogP contribution in [0.2, 0.25) is 0 Å². The Balaban J connectivity index is 1.66. The topological polar surface area (TPSA) is 88.6 Å². The first kappa shape index (κ1) is 20.0. The van der Waals surface area contributed by atoms with Gasteiger partial charge in [-0.15, -0.1) is 0 Å². The van der Waals surface area contributed by atoms with E-state index >= 15 is 0 Å². The van der Waals surface area contributed by atoms with Gasteiger partial charge in [-0.3, -0.25) is 9.93 Å². The first-order valence-corrected chi connectivity index (χ1v) is 9.80. The highest BCUT2D eigenvalue weighted by Crippen LogP contribution is 2.23. The van der Waals surface area contributed by atoms with Crippen molar-refractivity contribution in [2.45, 2.75) is 17.7 Å². The molecule has 146 valence electrons. The third-order valence-corrected chi connectivity index (χ3v) is 5.02. The average Bonchev–Trinajstić information content (AvgIpc) is 2.67. The quantitative estimate of drug-likeness (QED) is 0.471. The molecule has 0 radical (unpaired) electrons. The standard InChI is InChI=1S/C21H23N3O3S/c1-24(2)16-5-8-18-15(12-21(26)27-19(18)13-16)11-20(25)23-10-9-14-3-6-17(28-22)7-4-14/h3-8,12-13H,9-11,22H2,1-2H3,(H,23,25). The van der Waals surface area contributed by atoms with Crippen LogP contribution in [0.15, 0.2) is 62.6 Å². The van der Waals surface area contributed by atoms with Crippen molar-refractivity contribution in [2.75, 3.05) is 25.5 Å². The number of nitrogens with two attached hydrogens (primary N) is 1. The van der Waals surface area contributed by atoms with Gasteiger partial charge in [0.25, 0.3) is 0 Å². The Labute approximate surface area is 167 Å². The van der Waals surface area contributed by atoms with Gasteiger partial charge in [0.05, 0.1) is 6.42 Å². The van der Waals surface area contributed by atoms with Crippen LogP contribution in [0, 0.1) is 0 Å². The molecule has 0 aliphatic carbocycles. The Morgan fingerprint density at radius 3 is 2.57 bits per heavy atom. The monoisotopic (exact) mass is 397 g/mol. The van der Waals surface area contributed by atoms with Crippen molar-refractivity contribution in [3.8, 4) is 0 Å². The number of carbonyl (C=O) groups excluding carboxylic acids is 1. The lowest BCUT2D eigenvalue weighted by Crippen LogP contribution is -2.27. The highest BCUT2D eigenvalue weighted by molar-refractivity contribution is 7.97. The Kier molecular flexibility index (Phi) is 6.38. The van der Waals surface area contributed by atoms with Crippen LogP contribution in [0.1, 0.15) is 11.1 Å². The summed E-state index contributed by atoms with van der Waals surface area (Å²) in [6.45, 7) is 0.526. The molecule has 3 N–H and O–H groups in total. The van der Waals surface area contributed by atoms with Crippen LogP contribution in [0.3, 0.4) is 0 Å². The molecule has 1 aromatic heterocycles. The summed E-state index contributed by atoms with van der Waals surface area (Å²) in [4.78, 5) is 27.2. The summed E-state index contributed by atoms with van der Waals surface area (Å²) in [6.07, 6.45) is 0.858. The van der Waals surface area contributed by atoms with Crippen molar-refractivity contribution in [3.05, 3.63) is 70.1 Å². The van der Waals surface area contributed by atoms with Gasteiger partial charge >= 0.3 is 5.63 Å². The van der Waals surface area contributed by atoms with Gasteiger partial charge < -0.3 is 14.6 Å². The summed E-state index contributed by atoms with van der Waals surface area (Å²) in [7, 11) is 3.83. The highest BCUT2D eigenvalue weighted by atomic mass is 32.2. The first-order valence-electron chi connectivity index (χ1n) is 8.93. The molecule has 0 atom stereocenters. The summed E-state index contributed by atoms with van der Waals surface area (Å²) in [5, 5.41) is 9.20. The van der Waals surface area contributed by atoms with E-state index in [2.05, 4.69) is 5.32 Å². The van der Waals surface area contributed by atoms with Crippen LogP contribution < -0.4 is 21.0 Å². The Morgan fingerprint density at radius 2 is 1.89 bits per heavy atom. The molecule has 28 heavy (non-hydrogen) atoms. The molecule has 3 rings (SSSR count). The summed E-state index contributed by atoms with van der Waals surface area (Å²) in [6, 6.07) is 14.9. The molecule has 0 saturated heterocycles. The molecule has 6 nitrogen and oxygen atoms in total. The van der Waals surface area contributed by atoms with Gasteiger partial charge in [0.15, 0.2) is 0 Å².